The first-order chi connectivity index (χ1) is 25.1. The summed E-state index contributed by atoms with van der Waals surface area (Å²) in [5, 5.41) is 33.0. The molecule has 0 rings (SSSR count). The fraction of sp³-hybridized carbons (Fsp3) is 0.848. The summed E-state index contributed by atoms with van der Waals surface area (Å²) < 4.78 is 0. The Balaban J connectivity index is 3.60. The Labute approximate surface area is 317 Å². The van der Waals surface area contributed by atoms with E-state index in [1.807, 2.05) is 6.08 Å². The Bertz CT molecular complexity index is 794. The van der Waals surface area contributed by atoms with E-state index in [9.17, 15) is 20.1 Å². The third-order valence-corrected chi connectivity index (χ3v) is 10.2. The van der Waals surface area contributed by atoms with E-state index in [-0.39, 0.29) is 6.61 Å². The highest BCUT2D eigenvalue weighted by molar-refractivity contribution is 5.80. The normalized spacial score (nSPS) is 13.9. The minimum Gasteiger partial charge on any atom is -0.394 e. The number of amides is 1. The smallest absolute Gasteiger partial charge is 0.249 e. The van der Waals surface area contributed by atoms with Crippen molar-refractivity contribution in [2.24, 2.45) is 0 Å². The van der Waals surface area contributed by atoms with Gasteiger partial charge in [-0.05, 0) is 57.8 Å². The number of hydrogen-bond acceptors (Lipinski definition) is 4. The summed E-state index contributed by atoms with van der Waals surface area (Å²) in [4.78, 5) is 12.4. The van der Waals surface area contributed by atoms with Crippen LogP contribution in [0, 0.1) is 0 Å². The van der Waals surface area contributed by atoms with Crippen molar-refractivity contribution in [1.29, 1.82) is 0 Å². The number of aliphatic hydroxyl groups excluding tert-OH is 3. The van der Waals surface area contributed by atoms with Crippen molar-refractivity contribution in [3.63, 3.8) is 0 Å². The fourth-order valence-electron chi connectivity index (χ4n) is 6.67. The Morgan fingerprint density at radius 3 is 1.20 bits per heavy atom. The Morgan fingerprint density at radius 1 is 0.471 bits per heavy atom. The zero-order valence-electron chi connectivity index (χ0n) is 34.0. The molecule has 0 aromatic heterocycles. The van der Waals surface area contributed by atoms with Gasteiger partial charge in [0, 0.05) is 0 Å². The lowest BCUT2D eigenvalue weighted by Crippen LogP contribution is -2.48. The maximum absolute atomic E-state index is 12.4. The second kappa shape index (κ2) is 41.3. The minimum atomic E-state index is -1.11. The van der Waals surface area contributed by atoms with Crippen molar-refractivity contribution < 1.29 is 20.1 Å². The summed E-state index contributed by atoms with van der Waals surface area (Å²) >= 11 is 0. The van der Waals surface area contributed by atoms with E-state index >= 15 is 0 Å². The van der Waals surface area contributed by atoms with Crippen molar-refractivity contribution in [3.05, 3.63) is 36.5 Å². The zero-order valence-corrected chi connectivity index (χ0v) is 34.0. The van der Waals surface area contributed by atoms with Gasteiger partial charge in [-0.2, -0.15) is 0 Å². The summed E-state index contributed by atoms with van der Waals surface area (Å²) in [6.07, 6.45) is 51.9. The third-order valence-electron chi connectivity index (χ3n) is 10.2. The average Bonchev–Trinajstić information content (AvgIpc) is 3.13. The van der Waals surface area contributed by atoms with Crippen molar-refractivity contribution >= 4 is 5.91 Å². The van der Waals surface area contributed by atoms with Gasteiger partial charge in [0.2, 0.25) is 5.91 Å². The number of carbonyl (C=O) groups is 1. The summed E-state index contributed by atoms with van der Waals surface area (Å²) in [5.74, 6) is -0.515. The molecule has 0 heterocycles. The van der Waals surface area contributed by atoms with Crippen molar-refractivity contribution in [2.75, 3.05) is 6.61 Å². The molecule has 0 aliphatic carbocycles. The molecule has 51 heavy (non-hydrogen) atoms. The summed E-state index contributed by atoms with van der Waals surface area (Å²) in [6, 6.07) is -0.813. The quantitative estimate of drug-likeness (QED) is 0.0375. The zero-order chi connectivity index (χ0) is 37.3. The average molecular weight is 718 g/mol. The Hall–Kier alpha value is -1.43. The summed E-state index contributed by atoms with van der Waals surface area (Å²) in [5.41, 5.74) is 0. The van der Waals surface area contributed by atoms with Crippen LogP contribution in [0.2, 0.25) is 0 Å². The molecule has 0 fully saturated rings. The lowest BCUT2D eigenvalue weighted by atomic mass is 10.0. The van der Waals surface area contributed by atoms with Gasteiger partial charge in [0.1, 0.15) is 6.10 Å². The van der Waals surface area contributed by atoms with E-state index in [0.717, 1.165) is 38.5 Å². The van der Waals surface area contributed by atoms with E-state index in [1.54, 1.807) is 6.08 Å². The van der Waals surface area contributed by atoms with Gasteiger partial charge in [0.25, 0.3) is 0 Å². The summed E-state index contributed by atoms with van der Waals surface area (Å²) in [6.45, 7) is 4.14. The molecule has 3 atom stereocenters. The number of nitrogens with one attached hydrogen (secondary N) is 1. The molecule has 300 valence electrons. The molecule has 5 heteroatoms. The number of unbranched alkanes of at least 4 members (excludes halogenated alkanes) is 28. The number of carbonyl (C=O) groups excluding carboxylic acids is 1. The molecule has 0 aromatic carbocycles. The van der Waals surface area contributed by atoms with Gasteiger partial charge in [0.15, 0.2) is 0 Å². The molecule has 0 bridgehead atoms. The van der Waals surface area contributed by atoms with Crippen LogP contribution in [0.1, 0.15) is 226 Å². The van der Waals surface area contributed by atoms with Crippen LogP contribution < -0.4 is 5.32 Å². The van der Waals surface area contributed by atoms with Crippen LogP contribution in [0.5, 0.6) is 0 Å². The topological polar surface area (TPSA) is 89.8 Å². The van der Waals surface area contributed by atoms with E-state index in [0.29, 0.717) is 6.42 Å². The van der Waals surface area contributed by atoms with Crippen molar-refractivity contribution in [1.82, 2.24) is 5.32 Å². The van der Waals surface area contributed by atoms with Crippen LogP contribution in [-0.2, 0) is 4.79 Å². The molecule has 0 aliphatic heterocycles. The molecule has 0 aliphatic rings. The predicted octanol–water partition coefficient (Wildman–Crippen LogP) is 12.8. The first kappa shape index (κ1) is 49.6. The lowest BCUT2D eigenvalue weighted by molar-refractivity contribution is -0.131. The molecule has 1 amide bonds. The number of aliphatic hydroxyl groups is 3. The molecule has 0 spiro atoms. The van der Waals surface area contributed by atoms with Gasteiger partial charge in [0.05, 0.1) is 18.8 Å². The van der Waals surface area contributed by atoms with Crippen LogP contribution in [0.15, 0.2) is 36.5 Å². The van der Waals surface area contributed by atoms with Crippen LogP contribution >= 0.6 is 0 Å². The van der Waals surface area contributed by atoms with Gasteiger partial charge in [-0.15, -0.1) is 0 Å². The van der Waals surface area contributed by atoms with E-state index < -0.39 is 24.2 Å². The SMILES string of the molecule is CCCCCCC/C=C/CC/C=C/C(O)C(CO)NC(=O)C(O)CCCCCCCCCCCC/C=C\CCCCCCCCCCCCCC. The molecular formula is C46H87NO4. The van der Waals surface area contributed by atoms with Gasteiger partial charge in [-0.1, -0.05) is 204 Å². The number of hydrogen-bond donors (Lipinski definition) is 4. The minimum absolute atomic E-state index is 0.377. The van der Waals surface area contributed by atoms with Crippen LogP contribution in [0.25, 0.3) is 0 Å². The highest BCUT2D eigenvalue weighted by atomic mass is 16.3. The maximum atomic E-state index is 12.4. The largest absolute Gasteiger partial charge is 0.394 e. The van der Waals surface area contributed by atoms with Crippen molar-refractivity contribution in [3.8, 4) is 0 Å². The molecular weight excluding hydrogens is 631 g/mol. The Morgan fingerprint density at radius 2 is 0.804 bits per heavy atom. The fourth-order valence-corrected chi connectivity index (χ4v) is 6.67. The second-order valence-electron chi connectivity index (χ2n) is 15.2. The van der Waals surface area contributed by atoms with Crippen LogP contribution in [-0.4, -0.2) is 46.1 Å². The molecule has 0 saturated heterocycles. The first-order valence-electron chi connectivity index (χ1n) is 22.3. The third kappa shape index (κ3) is 36.7. The highest BCUT2D eigenvalue weighted by Crippen LogP contribution is 2.15. The van der Waals surface area contributed by atoms with E-state index in [1.165, 1.54) is 167 Å². The number of allylic oxidation sites excluding steroid dienone is 5. The van der Waals surface area contributed by atoms with E-state index in [4.69, 9.17) is 0 Å². The molecule has 4 N–H and O–H groups in total. The standard InChI is InChI=1S/C46H87NO4/c1-3-5-7-9-11-13-15-16-17-18-19-20-21-22-23-24-25-26-27-28-29-31-33-35-37-39-41-45(50)46(51)47-43(42-48)44(49)40-38-36-34-32-30-14-12-10-8-6-4-2/h22-23,30,32,38,40,43-45,48-50H,3-21,24-29,31,33-37,39,41-42H2,1-2H3,(H,47,51)/b23-22-,32-30+,40-38+. The lowest BCUT2D eigenvalue weighted by Gasteiger charge is -2.21. The first-order valence-corrected chi connectivity index (χ1v) is 22.3. The summed E-state index contributed by atoms with van der Waals surface area (Å²) in [7, 11) is 0. The van der Waals surface area contributed by atoms with E-state index in [2.05, 4.69) is 43.5 Å². The Kier molecular flexibility index (Phi) is 40.2. The van der Waals surface area contributed by atoms with Gasteiger partial charge < -0.3 is 20.6 Å². The molecule has 0 aromatic rings. The van der Waals surface area contributed by atoms with Crippen LogP contribution in [0.4, 0.5) is 0 Å². The van der Waals surface area contributed by atoms with Gasteiger partial charge in [-0.3, -0.25) is 4.79 Å². The molecule has 5 nitrogen and oxygen atoms in total. The molecule has 0 saturated carbocycles. The van der Waals surface area contributed by atoms with Gasteiger partial charge >= 0.3 is 0 Å². The van der Waals surface area contributed by atoms with Crippen molar-refractivity contribution in [2.45, 2.75) is 244 Å². The second-order valence-corrected chi connectivity index (χ2v) is 15.2. The molecule has 0 radical (unpaired) electrons. The van der Waals surface area contributed by atoms with Crippen LogP contribution in [0.3, 0.4) is 0 Å². The number of rotatable bonds is 40. The van der Waals surface area contributed by atoms with Gasteiger partial charge in [-0.25, -0.2) is 0 Å². The molecule has 3 unspecified atom stereocenters. The maximum Gasteiger partial charge on any atom is 0.249 e. The highest BCUT2D eigenvalue weighted by Gasteiger charge is 2.22. The predicted molar refractivity (Wildman–Crippen MR) is 222 cm³/mol. The monoisotopic (exact) mass is 718 g/mol.